The van der Waals surface area contributed by atoms with Crippen LogP contribution in [-0.4, -0.2) is 49.7 Å². The summed E-state index contributed by atoms with van der Waals surface area (Å²) in [5, 5.41) is 0. The molecular formula is C18H26N2O3S. The van der Waals surface area contributed by atoms with Gasteiger partial charge >= 0.3 is 0 Å². The minimum atomic E-state index is -3.47. The van der Waals surface area contributed by atoms with Crippen LogP contribution in [0.3, 0.4) is 0 Å². The van der Waals surface area contributed by atoms with Crippen LogP contribution in [0.5, 0.6) is 0 Å². The third-order valence-corrected chi connectivity index (χ3v) is 7.10. The monoisotopic (exact) mass is 350 g/mol. The van der Waals surface area contributed by atoms with Gasteiger partial charge in [-0.3, -0.25) is 4.79 Å². The molecule has 1 saturated carbocycles. The average Bonchev–Trinajstić information content (AvgIpc) is 2.53. The van der Waals surface area contributed by atoms with Gasteiger partial charge in [0, 0.05) is 32.1 Å². The molecule has 0 N–H and O–H groups in total. The molecule has 1 saturated heterocycles. The summed E-state index contributed by atoms with van der Waals surface area (Å²) in [6.07, 6.45) is 3.11. The van der Waals surface area contributed by atoms with E-state index in [0.29, 0.717) is 37.0 Å². The van der Waals surface area contributed by atoms with E-state index in [4.69, 9.17) is 0 Å². The maximum absolute atomic E-state index is 12.8. The van der Waals surface area contributed by atoms with Gasteiger partial charge in [0.25, 0.3) is 0 Å². The Kier molecular flexibility index (Phi) is 4.97. The van der Waals surface area contributed by atoms with Crippen molar-refractivity contribution < 1.29 is 13.2 Å². The number of amides is 1. The van der Waals surface area contributed by atoms with Crippen LogP contribution in [0.1, 0.15) is 44.6 Å². The van der Waals surface area contributed by atoms with Crippen LogP contribution in [0.2, 0.25) is 0 Å². The van der Waals surface area contributed by atoms with Crippen molar-refractivity contribution in [2.75, 3.05) is 26.2 Å². The summed E-state index contributed by atoms with van der Waals surface area (Å²) in [7, 11) is -3.47. The standard InChI is InChI=1S/C18H26N2O3S/c1-14(2)15-6-8-17(9-7-15)24(22,23)20-12-10-19(11-13-20)18(21)16-4-3-5-16/h6-9,14,16H,3-5,10-13H2,1-2H3. The fraction of sp³-hybridized carbons (Fsp3) is 0.611. The molecule has 0 unspecified atom stereocenters. The third-order valence-electron chi connectivity index (χ3n) is 5.19. The van der Waals surface area contributed by atoms with E-state index < -0.39 is 10.0 Å². The molecule has 2 aliphatic rings. The highest BCUT2D eigenvalue weighted by molar-refractivity contribution is 7.89. The maximum atomic E-state index is 12.8. The van der Waals surface area contributed by atoms with Crippen molar-refractivity contribution in [3.05, 3.63) is 29.8 Å². The van der Waals surface area contributed by atoms with E-state index in [-0.39, 0.29) is 11.8 Å². The largest absolute Gasteiger partial charge is 0.340 e. The van der Waals surface area contributed by atoms with Gasteiger partial charge in [-0.25, -0.2) is 8.42 Å². The number of sulfonamides is 1. The molecule has 0 atom stereocenters. The first-order valence-corrected chi connectivity index (χ1v) is 10.2. The number of carbonyl (C=O) groups is 1. The molecular weight excluding hydrogens is 324 g/mol. The molecule has 3 rings (SSSR count). The molecule has 0 spiro atoms. The second-order valence-corrected chi connectivity index (χ2v) is 9.02. The van der Waals surface area contributed by atoms with E-state index in [1.54, 1.807) is 12.1 Å². The topological polar surface area (TPSA) is 57.7 Å². The van der Waals surface area contributed by atoms with Crippen LogP contribution < -0.4 is 0 Å². The number of nitrogens with zero attached hydrogens (tertiary/aromatic N) is 2. The van der Waals surface area contributed by atoms with Crippen molar-refractivity contribution >= 4 is 15.9 Å². The van der Waals surface area contributed by atoms with Gasteiger partial charge in [-0.15, -0.1) is 0 Å². The number of hydrogen-bond acceptors (Lipinski definition) is 3. The highest BCUT2D eigenvalue weighted by atomic mass is 32.2. The minimum Gasteiger partial charge on any atom is -0.340 e. The van der Waals surface area contributed by atoms with Crippen molar-refractivity contribution in [2.45, 2.75) is 43.9 Å². The van der Waals surface area contributed by atoms with Crippen molar-refractivity contribution in [1.29, 1.82) is 0 Å². The van der Waals surface area contributed by atoms with Gasteiger partial charge in [0.05, 0.1) is 4.90 Å². The summed E-state index contributed by atoms with van der Waals surface area (Å²) in [5.74, 6) is 0.763. The molecule has 5 nitrogen and oxygen atoms in total. The molecule has 1 aromatic carbocycles. The fourth-order valence-corrected chi connectivity index (χ4v) is 4.66. The summed E-state index contributed by atoms with van der Waals surface area (Å²) >= 11 is 0. The summed E-state index contributed by atoms with van der Waals surface area (Å²) in [4.78, 5) is 14.4. The van der Waals surface area contributed by atoms with Gasteiger partial charge in [-0.2, -0.15) is 4.31 Å². The number of carbonyl (C=O) groups excluding carboxylic acids is 1. The number of hydrogen-bond donors (Lipinski definition) is 0. The molecule has 0 aromatic heterocycles. The van der Waals surface area contributed by atoms with E-state index in [9.17, 15) is 13.2 Å². The SMILES string of the molecule is CC(C)c1ccc(S(=O)(=O)N2CCN(C(=O)C3CCC3)CC2)cc1. The lowest BCUT2D eigenvalue weighted by molar-refractivity contribution is -0.139. The van der Waals surface area contributed by atoms with Gasteiger partial charge in [0.15, 0.2) is 0 Å². The van der Waals surface area contributed by atoms with E-state index in [1.165, 1.54) is 4.31 Å². The Bertz CT molecular complexity index is 685. The van der Waals surface area contributed by atoms with Crippen LogP contribution >= 0.6 is 0 Å². The highest BCUT2D eigenvalue weighted by Gasteiger charge is 2.34. The van der Waals surface area contributed by atoms with Crippen LogP contribution in [0.25, 0.3) is 0 Å². The van der Waals surface area contributed by atoms with Crippen LogP contribution in [0.4, 0.5) is 0 Å². The molecule has 132 valence electrons. The zero-order valence-corrected chi connectivity index (χ0v) is 15.3. The predicted octanol–water partition coefficient (Wildman–Crippen LogP) is 2.44. The molecule has 1 aliphatic carbocycles. The lowest BCUT2D eigenvalue weighted by atomic mass is 9.84. The second kappa shape index (κ2) is 6.84. The molecule has 0 radical (unpaired) electrons. The predicted molar refractivity (Wildman–Crippen MR) is 93.2 cm³/mol. The van der Waals surface area contributed by atoms with Crippen LogP contribution in [0.15, 0.2) is 29.2 Å². The second-order valence-electron chi connectivity index (χ2n) is 7.08. The Balaban J connectivity index is 1.65. The summed E-state index contributed by atoms with van der Waals surface area (Å²) in [5.41, 5.74) is 1.13. The van der Waals surface area contributed by atoms with Crippen molar-refractivity contribution in [3.63, 3.8) is 0 Å². The molecule has 0 bridgehead atoms. The summed E-state index contributed by atoms with van der Waals surface area (Å²) < 4.78 is 27.0. The van der Waals surface area contributed by atoms with E-state index in [2.05, 4.69) is 13.8 Å². The quantitative estimate of drug-likeness (QED) is 0.838. The number of rotatable bonds is 4. The summed E-state index contributed by atoms with van der Waals surface area (Å²) in [6.45, 7) is 5.93. The first-order valence-electron chi connectivity index (χ1n) is 8.78. The highest BCUT2D eigenvalue weighted by Crippen LogP contribution is 2.29. The fourth-order valence-electron chi connectivity index (χ4n) is 3.24. The van der Waals surface area contributed by atoms with Crippen molar-refractivity contribution in [1.82, 2.24) is 9.21 Å². The first-order chi connectivity index (χ1) is 11.4. The van der Waals surface area contributed by atoms with Crippen molar-refractivity contribution in [3.8, 4) is 0 Å². The third kappa shape index (κ3) is 3.35. The smallest absolute Gasteiger partial charge is 0.243 e. The van der Waals surface area contributed by atoms with Gasteiger partial charge in [-0.1, -0.05) is 32.4 Å². The Hall–Kier alpha value is -1.40. The molecule has 24 heavy (non-hydrogen) atoms. The van der Waals surface area contributed by atoms with E-state index in [0.717, 1.165) is 24.8 Å². The Morgan fingerprint density at radius 2 is 1.62 bits per heavy atom. The van der Waals surface area contributed by atoms with E-state index >= 15 is 0 Å². The van der Waals surface area contributed by atoms with Gasteiger partial charge in [-0.05, 0) is 36.5 Å². The normalized spacial score (nSPS) is 20.2. The number of benzene rings is 1. The molecule has 1 aromatic rings. The molecule has 2 fully saturated rings. The zero-order chi connectivity index (χ0) is 17.3. The average molecular weight is 350 g/mol. The molecule has 6 heteroatoms. The zero-order valence-electron chi connectivity index (χ0n) is 14.4. The summed E-state index contributed by atoms with van der Waals surface area (Å²) in [6, 6.07) is 7.15. The van der Waals surface area contributed by atoms with Gasteiger partial charge in [0.2, 0.25) is 15.9 Å². The van der Waals surface area contributed by atoms with Crippen molar-refractivity contribution in [2.24, 2.45) is 5.92 Å². The van der Waals surface area contributed by atoms with E-state index in [1.807, 2.05) is 17.0 Å². The molecule has 1 aliphatic heterocycles. The lowest BCUT2D eigenvalue weighted by Crippen LogP contribution is -2.52. The Labute approximate surface area is 144 Å². The van der Waals surface area contributed by atoms with Gasteiger partial charge in [0.1, 0.15) is 0 Å². The number of piperazine rings is 1. The Morgan fingerprint density at radius 1 is 1.04 bits per heavy atom. The Morgan fingerprint density at radius 3 is 2.08 bits per heavy atom. The lowest BCUT2D eigenvalue weighted by Gasteiger charge is -2.37. The van der Waals surface area contributed by atoms with Crippen LogP contribution in [0, 0.1) is 5.92 Å². The molecule has 1 heterocycles. The van der Waals surface area contributed by atoms with Gasteiger partial charge < -0.3 is 4.90 Å². The first kappa shape index (κ1) is 17.4. The van der Waals surface area contributed by atoms with Crippen LogP contribution in [-0.2, 0) is 14.8 Å². The minimum absolute atomic E-state index is 0.178. The molecule has 1 amide bonds. The maximum Gasteiger partial charge on any atom is 0.243 e.